The number of sulfonamides is 1. The van der Waals surface area contributed by atoms with Crippen LogP contribution in [-0.2, 0) is 46.5 Å². The Labute approximate surface area is 263 Å². The molecule has 4 aromatic rings. The second kappa shape index (κ2) is 13.0. The molecule has 3 atom stereocenters. The van der Waals surface area contributed by atoms with Crippen molar-refractivity contribution in [1.82, 2.24) is 23.3 Å². The van der Waals surface area contributed by atoms with Crippen molar-refractivity contribution in [3.05, 3.63) is 72.3 Å². The van der Waals surface area contributed by atoms with Crippen molar-refractivity contribution in [1.29, 1.82) is 0 Å². The zero-order chi connectivity index (χ0) is 32.5. The maximum Gasteiger partial charge on any atom is 0.261 e. The lowest BCUT2D eigenvalue weighted by Crippen LogP contribution is -2.48. The van der Waals surface area contributed by atoms with Crippen molar-refractivity contribution >= 4 is 38.4 Å². The Kier molecular flexibility index (Phi) is 9.33. The van der Waals surface area contributed by atoms with Crippen LogP contribution >= 0.6 is 0 Å². The Hall–Kier alpha value is -4.20. The fourth-order valence-corrected chi connectivity index (χ4v) is 6.85. The average Bonchev–Trinajstić information content (AvgIpc) is 3.59. The molecule has 2 N–H and O–H groups in total. The first kappa shape index (κ1) is 32.2. The van der Waals surface area contributed by atoms with Gasteiger partial charge >= 0.3 is 0 Å². The second-order valence-corrected chi connectivity index (χ2v) is 13.9. The number of nitrogens with zero attached hydrogens (tertiary/aromatic N) is 5. The van der Waals surface area contributed by atoms with Crippen molar-refractivity contribution < 1.29 is 27.9 Å². The zero-order valence-corrected chi connectivity index (χ0v) is 27.0. The van der Waals surface area contributed by atoms with Gasteiger partial charge in [-0.15, -0.1) is 0 Å². The highest BCUT2D eigenvalue weighted by Gasteiger charge is 2.34. The number of carbonyl (C=O) groups is 2. The van der Waals surface area contributed by atoms with E-state index in [9.17, 15) is 23.1 Å². The third-order valence-electron chi connectivity index (χ3n) is 8.32. The van der Waals surface area contributed by atoms with E-state index in [0.29, 0.717) is 17.0 Å². The lowest BCUT2D eigenvalue weighted by atomic mass is 10.0. The van der Waals surface area contributed by atoms with Crippen LogP contribution in [0.4, 0.5) is 5.69 Å². The lowest BCUT2D eigenvalue weighted by molar-refractivity contribution is -0.134. The van der Waals surface area contributed by atoms with E-state index >= 15 is 0 Å². The van der Waals surface area contributed by atoms with Crippen LogP contribution < -0.4 is 10.1 Å². The van der Waals surface area contributed by atoms with Gasteiger partial charge in [0.1, 0.15) is 11.9 Å². The minimum Gasteiger partial charge on any atom is -0.488 e. The summed E-state index contributed by atoms with van der Waals surface area (Å²) in [4.78, 5) is 32.3. The molecule has 2 amide bonds. The molecule has 0 radical (unpaired) electrons. The molecule has 13 heteroatoms. The van der Waals surface area contributed by atoms with Crippen LogP contribution in [0.1, 0.15) is 25.0 Å². The van der Waals surface area contributed by atoms with E-state index in [-0.39, 0.29) is 55.3 Å². The molecule has 0 spiro atoms. The number of aliphatic hydroxyl groups excluding tert-OH is 1. The van der Waals surface area contributed by atoms with Gasteiger partial charge in [0.2, 0.25) is 11.8 Å². The second-order valence-electron chi connectivity index (χ2n) is 11.9. The van der Waals surface area contributed by atoms with Gasteiger partial charge in [0.25, 0.3) is 10.0 Å². The molecule has 0 fully saturated rings. The van der Waals surface area contributed by atoms with Crippen LogP contribution in [0.5, 0.6) is 5.75 Å². The predicted octanol–water partition coefficient (Wildman–Crippen LogP) is 2.56. The minimum atomic E-state index is -3.90. The highest BCUT2D eigenvalue weighted by atomic mass is 32.2. The molecule has 0 saturated heterocycles. The number of hydrogen-bond donors (Lipinski definition) is 2. The smallest absolute Gasteiger partial charge is 0.261 e. The molecule has 0 saturated carbocycles. The van der Waals surface area contributed by atoms with Crippen LogP contribution in [0.25, 0.3) is 10.9 Å². The molecule has 0 bridgehead atoms. The summed E-state index contributed by atoms with van der Waals surface area (Å²) in [7, 11) is 1.21. The maximum atomic E-state index is 13.6. The number of likely N-dealkylation sites (N-methyl/N-ethyl adjacent to an activating group) is 1. The van der Waals surface area contributed by atoms with Crippen molar-refractivity contribution in [2.75, 3.05) is 32.1 Å². The van der Waals surface area contributed by atoms with Gasteiger partial charge in [-0.25, -0.2) is 13.4 Å². The number of ether oxygens (including phenoxy) is 1. The summed E-state index contributed by atoms with van der Waals surface area (Å²) in [6, 6.07) is 12.6. The first-order valence-corrected chi connectivity index (χ1v) is 16.3. The largest absolute Gasteiger partial charge is 0.488 e. The summed E-state index contributed by atoms with van der Waals surface area (Å²) in [5.74, 6) is -0.280. The van der Waals surface area contributed by atoms with Crippen LogP contribution in [0.3, 0.4) is 0 Å². The number of aliphatic hydroxyl groups is 1. The van der Waals surface area contributed by atoms with Gasteiger partial charge in [0.15, 0.2) is 5.03 Å². The monoisotopic (exact) mass is 636 g/mol. The Morgan fingerprint density at radius 1 is 1.20 bits per heavy atom. The third kappa shape index (κ3) is 6.90. The van der Waals surface area contributed by atoms with E-state index in [1.165, 1.54) is 23.9 Å². The summed E-state index contributed by atoms with van der Waals surface area (Å²) in [6.45, 7) is 3.68. The third-order valence-corrected chi connectivity index (χ3v) is 10.0. The molecule has 1 aliphatic rings. The Morgan fingerprint density at radius 3 is 2.67 bits per heavy atom. The first-order valence-electron chi connectivity index (χ1n) is 14.8. The molecule has 45 heavy (non-hydrogen) atoms. The molecule has 5 rings (SSSR count). The number of aromatic nitrogens is 3. The van der Waals surface area contributed by atoms with Crippen LogP contribution in [0, 0.1) is 5.92 Å². The van der Waals surface area contributed by atoms with E-state index in [0.717, 1.165) is 16.5 Å². The predicted molar refractivity (Wildman–Crippen MR) is 170 cm³/mol. The Balaban J connectivity index is 1.41. The quantitative estimate of drug-likeness (QED) is 0.288. The molecule has 2 aromatic carbocycles. The molecule has 12 nitrogen and oxygen atoms in total. The summed E-state index contributed by atoms with van der Waals surface area (Å²) < 4.78 is 37.8. The number of aryl methyl sites for hydroxylation is 2. The molecule has 1 aliphatic heterocycles. The number of nitrogens with one attached hydrogen (secondary N) is 1. The fraction of sp³-hybridized carbons (Fsp3) is 0.406. The van der Waals surface area contributed by atoms with E-state index in [4.69, 9.17) is 4.74 Å². The topological polar surface area (TPSA) is 139 Å². The molecule has 0 unspecified atom stereocenters. The van der Waals surface area contributed by atoms with E-state index in [2.05, 4.69) is 10.3 Å². The number of fused-ring (bicyclic) bond motifs is 2. The highest BCUT2D eigenvalue weighted by molar-refractivity contribution is 7.89. The normalized spacial score (nSPS) is 18.2. The Bertz CT molecular complexity index is 1820. The number of para-hydroxylation sites is 1. The number of benzene rings is 2. The van der Waals surface area contributed by atoms with Gasteiger partial charge in [-0.2, -0.15) is 4.31 Å². The summed E-state index contributed by atoms with van der Waals surface area (Å²) in [5.41, 5.74) is 3.00. The number of anilines is 1. The zero-order valence-electron chi connectivity index (χ0n) is 26.2. The molecular weight excluding hydrogens is 596 g/mol. The molecule has 240 valence electrons. The summed E-state index contributed by atoms with van der Waals surface area (Å²) >= 11 is 0. The van der Waals surface area contributed by atoms with Crippen LogP contribution in [0.15, 0.2) is 66.2 Å². The number of hydrogen-bond acceptors (Lipinski definition) is 7. The van der Waals surface area contributed by atoms with Crippen LogP contribution in [0.2, 0.25) is 0 Å². The molecular formula is C32H40N6O6S. The molecule has 0 aliphatic carbocycles. The van der Waals surface area contributed by atoms with Gasteiger partial charge < -0.3 is 29.2 Å². The highest BCUT2D eigenvalue weighted by Crippen LogP contribution is 2.30. The van der Waals surface area contributed by atoms with Crippen molar-refractivity contribution in [2.24, 2.45) is 20.0 Å². The standard InChI is InChI=1S/C32H40N6O6S/c1-21-15-38(22(2)19-39)32(41)14-23-12-25(34-30(40)13-24-16-36(4)27-9-7-6-8-26(24)27)10-11-28(23)44-29(21)17-37(5)45(42,43)31-18-35(3)20-33-31/h6-12,16,18,20-22,29,39H,13-15,17,19H2,1-5H3,(H,34,40)/t21-,22+,29+/m1/s1. The van der Waals surface area contributed by atoms with Crippen LogP contribution in [-0.4, -0.2) is 87.6 Å². The van der Waals surface area contributed by atoms with Crippen molar-refractivity contribution in [3.63, 3.8) is 0 Å². The molecule has 2 aromatic heterocycles. The lowest BCUT2D eigenvalue weighted by Gasteiger charge is -2.33. The van der Waals surface area contributed by atoms with Gasteiger partial charge in [0.05, 0.1) is 38.4 Å². The maximum absolute atomic E-state index is 13.6. The van der Waals surface area contributed by atoms with Gasteiger partial charge in [-0.3, -0.25) is 9.59 Å². The van der Waals surface area contributed by atoms with E-state index in [1.807, 2.05) is 49.0 Å². The fourth-order valence-electron chi connectivity index (χ4n) is 5.70. The minimum absolute atomic E-state index is 0.00142. The number of imidazole rings is 1. The Morgan fingerprint density at radius 2 is 1.96 bits per heavy atom. The van der Waals surface area contributed by atoms with E-state index in [1.54, 1.807) is 41.6 Å². The van der Waals surface area contributed by atoms with Gasteiger partial charge in [-0.05, 0) is 36.8 Å². The van der Waals surface area contributed by atoms with Gasteiger partial charge in [-0.1, -0.05) is 25.1 Å². The van der Waals surface area contributed by atoms with Crippen molar-refractivity contribution in [2.45, 2.75) is 43.9 Å². The summed E-state index contributed by atoms with van der Waals surface area (Å²) in [6.07, 6.45) is 4.32. The average molecular weight is 637 g/mol. The SMILES string of the molecule is C[C@@H]1CN([C@@H](C)CO)C(=O)Cc2cc(NC(=O)Cc3cn(C)c4ccccc34)ccc2O[C@H]1CN(C)S(=O)(=O)c1cn(C)cn1. The number of carbonyl (C=O) groups excluding carboxylic acids is 2. The number of amides is 2. The van der Waals surface area contributed by atoms with E-state index < -0.39 is 22.2 Å². The molecule has 3 heterocycles. The first-order chi connectivity index (χ1) is 21.4. The van der Waals surface area contributed by atoms with Crippen molar-refractivity contribution in [3.8, 4) is 5.75 Å². The summed E-state index contributed by atoms with van der Waals surface area (Å²) in [5, 5.41) is 13.8. The van der Waals surface area contributed by atoms with Gasteiger partial charge in [0, 0.05) is 68.2 Å². The number of rotatable bonds is 9.